The Hall–Kier alpha value is -4.09. The molecule has 1 amide bonds. The molecule has 6 rings (SSSR count). The molecule has 2 aliphatic rings. The molecule has 2 atom stereocenters. The molecule has 40 heavy (non-hydrogen) atoms. The number of ketones is 1. The number of halogens is 2. The Bertz CT molecular complexity index is 1690. The highest BCUT2D eigenvalue weighted by Crippen LogP contribution is 2.45. The van der Waals surface area contributed by atoms with Gasteiger partial charge in [0.25, 0.3) is 5.78 Å². The molecule has 0 saturated carbocycles. The van der Waals surface area contributed by atoms with Crippen LogP contribution in [0.15, 0.2) is 76.6 Å². The molecule has 2 aliphatic heterocycles. The third kappa shape index (κ3) is 4.65. The summed E-state index contributed by atoms with van der Waals surface area (Å²) in [6.07, 6.45) is 0.596. The molecule has 0 radical (unpaired) electrons. The van der Waals surface area contributed by atoms with Crippen LogP contribution in [0.25, 0.3) is 5.76 Å². The number of ether oxygens (including phenoxy) is 1. The van der Waals surface area contributed by atoms with Crippen molar-refractivity contribution in [1.82, 2.24) is 10.2 Å². The van der Waals surface area contributed by atoms with Crippen LogP contribution in [0.1, 0.15) is 35.2 Å². The van der Waals surface area contributed by atoms with E-state index in [1.54, 1.807) is 42.5 Å². The number of rotatable bonds is 6. The predicted octanol–water partition coefficient (Wildman–Crippen LogP) is 6.06. The maximum Gasteiger partial charge on any atom is 0.301 e. The van der Waals surface area contributed by atoms with E-state index in [0.29, 0.717) is 27.6 Å². The lowest BCUT2D eigenvalue weighted by atomic mass is 9.94. The first-order chi connectivity index (χ1) is 19.3. The summed E-state index contributed by atoms with van der Waals surface area (Å²) in [5.74, 6) is -2.39. The zero-order valence-electron chi connectivity index (χ0n) is 21.0. The number of anilines is 1. The van der Waals surface area contributed by atoms with Crippen LogP contribution in [0, 0.1) is 11.6 Å². The molecule has 0 aliphatic carbocycles. The molecule has 2 unspecified atom stereocenters. The van der Waals surface area contributed by atoms with Gasteiger partial charge in [-0.2, -0.15) is 0 Å². The lowest BCUT2D eigenvalue weighted by molar-refractivity contribution is -0.132. The molecule has 11 heteroatoms. The number of thioether (sulfide) groups is 1. The summed E-state index contributed by atoms with van der Waals surface area (Å²) in [5.41, 5.74) is 1.42. The minimum absolute atomic E-state index is 0.0251. The quantitative estimate of drug-likeness (QED) is 0.0980. The lowest BCUT2D eigenvalue weighted by Crippen LogP contribution is -2.29. The number of aromatic nitrogens is 2. The first-order valence-electron chi connectivity index (χ1n) is 12.4. The van der Waals surface area contributed by atoms with Crippen molar-refractivity contribution in [2.45, 2.75) is 35.6 Å². The fraction of sp³-hybridized carbons (Fsp3) is 0.172. The van der Waals surface area contributed by atoms with E-state index in [1.807, 2.05) is 6.92 Å². The summed E-state index contributed by atoms with van der Waals surface area (Å²) >= 11 is 2.24. The smallest absolute Gasteiger partial charge is 0.301 e. The number of Topliss-reactive ketones (excluding diaryl/α,β-unsaturated/α-hetero) is 1. The number of carbonyl (C=O) groups is 2. The molecule has 0 spiro atoms. The van der Waals surface area contributed by atoms with Gasteiger partial charge in [0, 0.05) is 23.3 Å². The number of hydrogen-bond donors (Lipinski definition) is 1. The van der Waals surface area contributed by atoms with Crippen LogP contribution in [-0.2, 0) is 21.8 Å². The number of amides is 1. The first kappa shape index (κ1) is 26.1. The standard InChI is InChI=1S/C29H21F2N3O4S2/c1-15-12-18-13-16(10-11-22(18)38-15)25(35)23-24(19-7-3-5-9-21(19)31)34(27(37)26(23)36)28-32-33-29(40-28)39-14-17-6-2-4-8-20(17)30/h2-11,13,15,24,35H,12,14H2,1H3. The van der Waals surface area contributed by atoms with Gasteiger partial charge in [-0.1, -0.05) is 59.5 Å². The normalized spacial score (nSPS) is 19.6. The fourth-order valence-electron chi connectivity index (χ4n) is 4.86. The van der Waals surface area contributed by atoms with E-state index in [2.05, 4.69) is 10.2 Å². The van der Waals surface area contributed by atoms with E-state index in [9.17, 15) is 19.1 Å². The Morgan fingerprint density at radius 1 is 1.07 bits per heavy atom. The van der Waals surface area contributed by atoms with Crippen LogP contribution < -0.4 is 9.64 Å². The van der Waals surface area contributed by atoms with E-state index in [0.717, 1.165) is 21.8 Å². The van der Waals surface area contributed by atoms with Gasteiger partial charge in [0.05, 0.1) is 5.57 Å². The largest absolute Gasteiger partial charge is 0.507 e. The molecule has 3 heterocycles. The molecule has 7 nitrogen and oxygen atoms in total. The van der Waals surface area contributed by atoms with E-state index in [-0.39, 0.29) is 33.9 Å². The van der Waals surface area contributed by atoms with Crippen molar-refractivity contribution in [1.29, 1.82) is 0 Å². The van der Waals surface area contributed by atoms with Gasteiger partial charge >= 0.3 is 5.91 Å². The number of fused-ring (bicyclic) bond motifs is 1. The second-order valence-corrected chi connectivity index (χ2v) is 11.6. The van der Waals surface area contributed by atoms with Crippen LogP contribution in [0.4, 0.5) is 13.9 Å². The van der Waals surface area contributed by atoms with Crippen LogP contribution in [0.5, 0.6) is 5.75 Å². The molecule has 0 bridgehead atoms. The van der Waals surface area contributed by atoms with Gasteiger partial charge in [-0.15, -0.1) is 10.2 Å². The van der Waals surface area contributed by atoms with Gasteiger partial charge in [-0.25, -0.2) is 8.78 Å². The molecule has 1 N–H and O–H groups in total. The third-order valence-corrected chi connectivity index (χ3v) is 8.83. The van der Waals surface area contributed by atoms with Crippen LogP contribution in [-0.4, -0.2) is 33.1 Å². The summed E-state index contributed by atoms with van der Waals surface area (Å²) in [7, 11) is 0. The number of aliphatic hydroxyl groups excluding tert-OH is 1. The molecule has 1 aromatic heterocycles. The van der Waals surface area contributed by atoms with Gasteiger partial charge in [0.1, 0.15) is 35.3 Å². The van der Waals surface area contributed by atoms with E-state index < -0.39 is 29.3 Å². The second-order valence-electron chi connectivity index (χ2n) is 9.38. The highest BCUT2D eigenvalue weighted by molar-refractivity contribution is 8.00. The first-order valence-corrected chi connectivity index (χ1v) is 14.2. The van der Waals surface area contributed by atoms with Crippen molar-refractivity contribution in [3.63, 3.8) is 0 Å². The van der Waals surface area contributed by atoms with Crippen molar-refractivity contribution < 1.29 is 28.2 Å². The Kier molecular flexibility index (Phi) is 6.85. The highest BCUT2D eigenvalue weighted by atomic mass is 32.2. The maximum atomic E-state index is 15.2. The summed E-state index contributed by atoms with van der Waals surface area (Å²) in [4.78, 5) is 27.8. The minimum Gasteiger partial charge on any atom is -0.507 e. The SMILES string of the molecule is CC1Cc2cc(C(O)=C3C(=O)C(=O)N(c4nnc(SCc5ccccc5F)s4)C3c3ccccc3F)ccc2O1. The third-order valence-electron chi connectivity index (χ3n) is 6.72. The summed E-state index contributed by atoms with van der Waals surface area (Å²) in [6, 6.07) is 15.8. The number of benzene rings is 3. The zero-order valence-corrected chi connectivity index (χ0v) is 22.6. The molecule has 1 fully saturated rings. The van der Waals surface area contributed by atoms with E-state index in [1.165, 1.54) is 36.0 Å². The van der Waals surface area contributed by atoms with Crippen molar-refractivity contribution >= 4 is 45.7 Å². The summed E-state index contributed by atoms with van der Waals surface area (Å²) < 4.78 is 35.4. The minimum atomic E-state index is -1.28. The maximum absolute atomic E-state index is 15.2. The van der Waals surface area contributed by atoms with Gasteiger partial charge in [-0.05, 0) is 48.4 Å². The molecule has 3 aromatic carbocycles. The Morgan fingerprint density at radius 2 is 1.82 bits per heavy atom. The molecule has 202 valence electrons. The number of aliphatic hydroxyl groups is 1. The van der Waals surface area contributed by atoms with Crippen molar-refractivity contribution in [3.05, 3.63) is 106 Å². The monoisotopic (exact) mass is 577 g/mol. The van der Waals surface area contributed by atoms with Gasteiger partial charge in [0.2, 0.25) is 5.13 Å². The molecule has 4 aromatic rings. The number of nitrogens with zero attached hydrogens (tertiary/aromatic N) is 3. The summed E-state index contributed by atoms with van der Waals surface area (Å²) in [5, 5.41) is 19.7. The van der Waals surface area contributed by atoms with Gasteiger partial charge in [0.15, 0.2) is 4.34 Å². The Labute approximate surface area is 236 Å². The van der Waals surface area contributed by atoms with Crippen LogP contribution in [0.2, 0.25) is 0 Å². The van der Waals surface area contributed by atoms with Gasteiger partial charge in [-0.3, -0.25) is 14.5 Å². The topological polar surface area (TPSA) is 92.6 Å². The lowest BCUT2D eigenvalue weighted by Gasteiger charge is -2.22. The van der Waals surface area contributed by atoms with Crippen LogP contribution >= 0.6 is 23.1 Å². The summed E-state index contributed by atoms with van der Waals surface area (Å²) in [6.45, 7) is 1.92. The van der Waals surface area contributed by atoms with Gasteiger partial charge < -0.3 is 9.84 Å². The number of carbonyl (C=O) groups excluding carboxylic acids is 2. The number of hydrogen-bond acceptors (Lipinski definition) is 8. The zero-order chi connectivity index (χ0) is 28.0. The molecule has 1 saturated heterocycles. The predicted molar refractivity (Wildman–Crippen MR) is 147 cm³/mol. The molecular weight excluding hydrogens is 556 g/mol. The highest BCUT2D eigenvalue weighted by Gasteiger charge is 2.49. The Balaban J connectivity index is 1.40. The van der Waals surface area contributed by atoms with E-state index in [4.69, 9.17) is 4.74 Å². The second kappa shape index (κ2) is 10.5. The van der Waals surface area contributed by atoms with E-state index >= 15 is 4.39 Å². The average molecular weight is 578 g/mol. The van der Waals surface area contributed by atoms with Crippen molar-refractivity contribution in [2.24, 2.45) is 0 Å². The fourth-order valence-corrected chi connectivity index (χ4v) is 6.71. The Morgan fingerprint density at radius 3 is 2.60 bits per heavy atom. The van der Waals surface area contributed by atoms with Crippen LogP contribution in [0.3, 0.4) is 0 Å². The average Bonchev–Trinajstić information content (AvgIpc) is 3.63. The van der Waals surface area contributed by atoms with Crippen molar-refractivity contribution in [2.75, 3.05) is 4.90 Å². The van der Waals surface area contributed by atoms with Crippen molar-refractivity contribution in [3.8, 4) is 5.75 Å². The molecular formula is C29H21F2N3O4S2.